The number of nitrogens with two attached hydrogens (primary N) is 1. The fraction of sp³-hybridized carbons (Fsp3) is 0.214. The number of allylic oxidation sites excluding steroid dienone is 1. The number of pyridine rings is 2. The fourth-order valence-corrected chi connectivity index (χ4v) is 4.09. The van der Waals surface area contributed by atoms with E-state index in [1.165, 1.54) is 12.3 Å². The van der Waals surface area contributed by atoms with Crippen molar-refractivity contribution >= 4 is 23.2 Å². The van der Waals surface area contributed by atoms with Crippen LogP contribution in [0, 0.1) is 5.82 Å². The van der Waals surface area contributed by atoms with Gasteiger partial charge >= 0.3 is 0 Å². The van der Waals surface area contributed by atoms with Crippen molar-refractivity contribution in [1.82, 2.24) is 19.5 Å². The average molecular weight is 485 g/mol. The molecule has 2 N–H and O–H groups in total. The highest BCUT2D eigenvalue weighted by Crippen LogP contribution is 2.30. The van der Waals surface area contributed by atoms with Crippen LogP contribution in [0.4, 0.5) is 4.39 Å². The Hall–Kier alpha value is -4.33. The number of hydrogen-bond acceptors (Lipinski definition) is 5. The first-order valence-electron chi connectivity index (χ1n) is 11.9. The van der Waals surface area contributed by atoms with Gasteiger partial charge in [0, 0.05) is 48.5 Å². The highest BCUT2D eigenvalue weighted by molar-refractivity contribution is 6.09. The lowest BCUT2D eigenvalue weighted by atomic mass is 10.0. The third kappa shape index (κ3) is 5.17. The lowest BCUT2D eigenvalue weighted by molar-refractivity contribution is 0.0701. The molecule has 0 aliphatic heterocycles. The molecule has 0 spiro atoms. The summed E-state index contributed by atoms with van der Waals surface area (Å²) in [6, 6.07) is 17.2. The molecule has 36 heavy (non-hydrogen) atoms. The number of benzene rings is 1. The van der Waals surface area contributed by atoms with E-state index < -0.39 is 5.82 Å². The Bertz CT molecular complexity index is 1400. The lowest BCUT2D eigenvalue weighted by Gasteiger charge is -2.28. The van der Waals surface area contributed by atoms with Crippen molar-refractivity contribution in [2.75, 3.05) is 13.1 Å². The molecule has 184 valence electrons. The number of aliphatic imine (C=N–C) groups is 1. The van der Waals surface area contributed by atoms with Crippen molar-refractivity contribution in [1.29, 1.82) is 0 Å². The Morgan fingerprint density at radius 1 is 1.17 bits per heavy atom. The summed E-state index contributed by atoms with van der Waals surface area (Å²) in [5, 5.41) is 4.57. The van der Waals surface area contributed by atoms with Crippen LogP contribution >= 0.6 is 0 Å². The number of carbonyl (C=O) groups is 1. The van der Waals surface area contributed by atoms with Gasteiger partial charge in [-0.15, -0.1) is 0 Å². The molecule has 4 aromatic rings. The van der Waals surface area contributed by atoms with E-state index in [4.69, 9.17) is 5.73 Å². The maximum absolute atomic E-state index is 14.8. The molecule has 1 amide bonds. The SMILES string of the molecule is CCCN(C(=O)c1c(-c2ccccc2F)nn2ccccc12)[C@@H](C)CN=C/C(=C\N)c1ccccn1. The molecule has 0 saturated carbocycles. The second-order valence-corrected chi connectivity index (χ2v) is 8.41. The third-order valence-electron chi connectivity index (χ3n) is 5.88. The summed E-state index contributed by atoms with van der Waals surface area (Å²) in [5.41, 5.74) is 8.81. The van der Waals surface area contributed by atoms with E-state index in [1.807, 2.05) is 50.2 Å². The number of fused-ring (bicyclic) bond motifs is 1. The van der Waals surface area contributed by atoms with E-state index in [1.54, 1.807) is 46.2 Å². The third-order valence-corrected chi connectivity index (χ3v) is 5.88. The topological polar surface area (TPSA) is 88.9 Å². The van der Waals surface area contributed by atoms with E-state index in [0.29, 0.717) is 41.0 Å². The van der Waals surface area contributed by atoms with Gasteiger partial charge in [0.15, 0.2) is 0 Å². The Kier molecular flexibility index (Phi) is 7.85. The van der Waals surface area contributed by atoms with Crippen molar-refractivity contribution < 1.29 is 9.18 Å². The van der Waals surface area contributed by atoms with E-state index >= 15 is 0 Å². The summed E-state index contributed by atoms with van der Waals surface area (Å²) >= 11 is 0. The lowest BCUT2D eigenvalue weighted by Crippen LogP contribution is -2.41. The first-order chi connectivity index (χ1) is 17.5. The second-order valence-electron chi connectivity index (χ2n) is 8.41. The summed E-state index contributed by atoms with van der Waals surface area (Å²) in [6.45, 7) is 4.85. The van der Waals surface area contributed by atoms with Gasteiger partial charge in [-0.3, -0.25) is 14.8 Å². The molecule has 3 heterocycles. The summed E-state index contributed by atoms with van der Waals surface area (Å²) in [4.78, 5) is 24.6. The summed E-state index contributed by atoms with van der Waals surface area (Å²) < 4.78 is 16.4. The normalized spacial score (nSPS) is 12.8. The Morgan fingerprint density at radius 2 is 1.94 bits per heavy atom. The highest BCUT2D eigenvalue weighted by atomic mass is 19.1. The molecule has 1 aromatic carbocycles. The minimum absolute atomic E-state index is 0.210. The van der Waals surface area contributed by atoms with Gasteiger partial charge in [-0.25, -0.2) is 8.91 Å². The van der Waals surface area contributed by atoms with Crippen molar-refractivity contribution in [2.24, 2.45) is 10.7 Å². The number of halogens is 1. The quantitative estimate of drug-likeness (QED) is 0.344. The maximum atomic E-state index is 14.8. The van der Waals surface area contributed by atoms with Crippen LogP contribution in [0.5, 0.6) is 0 Å². The van der Waals surface area contributed by atoms with Crippen LogP contribution in [-0.4, -0.2) is 50.8 Å². The van der Waals surface area contributed by atoms with Crippen LogP contribution < -0.4 is 5.73 Å². The summed E-state index contributed by atoms with van der Waals surface area (Å²) in [7, 11) is 0. The van der Waals surface area contributed by atoms with E-state index in [0.717, 1.165) is 12.1 Å². The number of hydrogen-bond donors (Lipinski definition) is 1. The zero-order chi connectivity index (χ0) is 25.5. The fourth-order valence-electron chi connectivity index (χ4n) is 4.09. The van der Waals surface area contributed by atoms with Gasteiger partial charge in [-0.1, -0.05) is 31.2 Å². The number of aromatic nitrogens is 3. The Morgan fingerprint density at radius 3 is 2.67 bits per heavy atom. The van der Waals surface area contributed by atoms with Gasteiger partial charge in [0.25, 0.3) is 5.91 Å². The van der Waals surface area contributed by atoms with Crippen molar-refractivity contribution in [3.63, 3.8) is 0 Å². The van der Waals surface area contributed by atoms with Crippen LogP contribution in [0.3, 0.4) is 0 Å². The summed E-state index contributed by atoms with van der Waals surface area (Å²) in [6.07, 6.45) is 7.35. The van der Waals surface area contributed by atoms with E-state index in [2.05, 4.69) is 15.1 Å². The molecule has 0 fully saturated rings. The molecule has 0 bridgehead atoms. The first kappa shape index (κ1) is 24.8. The van der Waals surface area contributed by atoms with E-state index in [-0.39, 0.29) is 11.9 Å². The van der Waals surface area contributed by atoms with Crippen LogP contribution in [0.1, 0.15) is 36.3 Å². The number of amides is 1. The molecule has 4 rings (SSSR count). The van der Waals surface area contributed by atoms with Gasteiger partial charge in [0.05, 0.1) is 23.3 Å². The van der Waals surface area contributed by atoms with Crippen molar-refractivity contribution in [3.05, 3.63) is 96.3 Å². The summed E-state index contributed by atoms with van der Waals surface area (Å²) in [5.74, 6) is -0.636. The Balaban J connectivity index is 1.65. The van der Waals surface area contributed by atoms with Crippen LogP contribution in [0.25, 0.3) is 22.3 Å². The molecule has 1 atom stereocenters. The minimum atomic E-state index is -0.426. The monoisotopic (exact) mass is 484 g/mol. The molecule has 0 saturated heterocycles. The number of carbonyl (C=O) groups excluding carboxylic acids is 1. The van der Waals surface area contributed by atoms with Gasteiger partial charge in [0.1, 0.15) is 11.5 Å². The molecular formula is C28H29FN6O. The zero-order valence-corrected chi connectivity index (χ0v) is 20.4. The van der Waals surface area contributed by atoms with Gasteiger partial charge in [0.2, 0.25) is 0 Å². The second kappa shape index (κ2) is 11.4. The first-order valence-corrected chi connectivity index (χ1v) is 11.9. The van der Waals surface area contributed by atoms with Crippen LogP contribution in [0.15, 0.2) is 84.2 Å². The highest BCUT2D eigenvalue weighted by Gasteiger charge is 2.28. The number of nitrogens with zero attached hydrogens (tertiary/aromatic N) is 5. The van der Waals surface area contributed by atoms with Gasteiger partial charge < -0.3 is 10.6 Å². The molecule has 3 aromatic heterocycles. The van der Waals surface area contributed by atoms with Gasteiger partial charge in [-0.2, -0.15) is 5.10 Å². The molecule has 7 nitrogen and oxygen atoms in total. The predicted molar refractivity (Wildman–Crippen MR) is 141 cm³/mol. The Labute approximate surface area is 209 Å². The largest absolute Gasteiger partial charge is 0.404 e. The van der Waals surface area contributed by atoms with Crippen LogP contribution in [0.2, 0.25) is 0 Å². The smallest absolute Gasteiger partial charge is 0.258 e. The van der Waals surface area contributed by atoms with Crippen molar-refractivity contribution in [3.8, 4) is 11.3 Å². The van der Waals surface area contributed by atoms with Crippen LogP contribution in [-0.2, 0) is 0 Å². The molecular weight excluding hydrogens is 455 g/mol. The van der Waals surface area contributed by atoms with E-state index in [9.17, 15) is 9.18 Å². The molecule has 0 unspecified atom stereocenters. The minimum Gasteiger partial charge on any atom is -0.404 e. The van der Waals surface area contributed by atoms with Crippen molar-refractivity contribution in [2.45, 2.75) is 26.3 Å². The predicted octanol–water partition coefficient (Wildman–Crippen LogP) is 4.85. The number of rotatable bonds is 9. The maximum Gasteiger partial charge on any atom is 0.258 e. The molecule has 0 aliphatic carbocycles. The zero-order valence-electron chi connectivity index (χ0n) is 20.4. The molecule has 0 radical (unpaired) electrons. The van der Waals surface area contributed by atoms with Gasteiger partial charge in [-0.05, 0) is 49.7 Å². The molecule has 8 heteroatoms. The standard InChI is InChI=1S/C28H29FN6O/c1-3-15-34(20(2)18-31-19-21(17-30)24-12-6-8-14-32-24)28(36)26-25-13-7-9-16-35(25)33-27(26)22-10-4-5-11-23(22)29/h4-14,16-17,19-20H,3,15,18,30H2,1-2H3/b21-17+,31-19?/t20-/m0/s1. The average Bonchev–Trinajstić information content (AvgIpc) is 3.29. The molecule has 0 aliphatic rings.